The van der Waals surface area contributed by atoms with Crippen molar-refractivity contribution >= 4 is 11.7 Å². The van der Waals surface area contributed by atoms with Crippen molar-refractivity contribution in [3.63, 3.8) is 0 Å². The van der Waals surface area contributed by atoms with E-state index in [-0.39, 0.29) is 28.9 Å². The molecule has 1 saturated carbocycles. The van der Waals surface area contributed by atoms with Crippen LogP contribution >= 0.6 is 0 Å². The fourth-order valence-electron chi connectivity index (χ4n) is 4.95. The predicted molar refractivity (Wildman–Crippen MR) is 82.6 cm³/mol. The lowest BCUT2D eigenvalue weighted by Gasteiger charge is -2.50. The largest absolute Gasteiger partial charge is 0.342 e. The first kappa shape index (κ1) is 15.3. The van der Waals surface area contributed by atoms with E-state index in [0.29, 0.717) is 18.0 Å². The summed E-state index contributed by atoms with van der Waals surface area (Å²) in [6.45, 7) is 5.09. The molecule has 1 heterocycles. The summed E-state index contributed by atoms with van der Waals surface area (Å²) < 4.78 is 0. The molecule has 0 aromatic heterocycles. The van der Waals surface area contributed by atoms with Gasteiger partial charge in [0.1, 0.15) is 6.07 Å². The van der Waals surface area contributed by atoms with Crippen LogP contribution in [0, 0.1) is 34.5 Å². The van der Waals surface area contributed by atoms with Crippen molar-refractivity contribution in [2.45, 2.75) is 46.0 Å². The highest BCUT2D eigenvalue weighted by Gasteiger charge is 2.51. The normalized spacial score (nSPS) is 35.8. The number of nitrogens with zero attached hydrogens (tertiary/aromatic N) is 2. The van der Waals surface area contributed by atoms with Gasteiger partial charge in [0, 0.05) is 31.3 Å². The van der Waals surface area contributed by atoms with Crippen molar-refractivity contribution in [3.8, 4) is 6.07 Å². The monoisotopic (exact) mass is 300 g/mol. The smallest absolute Gasteiger partial charge is 0.219 e. The molecule has 0 spiro atoms. The van der Waals surface area contributed by atoms with Gasteiger partial charge in [-0.2, -0.15) is 5.26 Å². The number of hydrogen-bond acceptors (Lipinski definition) is 3. The molecule has 22 heavy (non-hydrogen) atoms. The Hall–Kier alpha value is -1.63. The van der Waals surface area contributed by atoms with Crippen molar-refractivity contribution in [1.82, 2.24) is 4.90 Å². The number of hydrogen-bond donors (Lipinski definition) is 0. The number of Topliss-reactive ketones (excluding diaryl/α,β-unsaturated/α-hetero) is 1. The third-order valence-electron chi connectivity index (χ3n) is 6.04. The predicted octanol–water partition coefficient (Wildman–Crippen LogP) is 2.70. The van der Waals surface area contributed by atoms with Gasteiger partial charge in [0.25, 0.3) is 0 Å². The number of carbonyl (C=O) groups is 2. The molecule has 0 aromatic rings. The number of nitriles is 1. The number of carbonyl (C=O) groups excluding carboxylic acids is 2. The number of ketones is 1. The number of likely N-dealkylation sites (tertiary alicyclic amines) is 1. The number of amides is 1. The summed E-state index contributed by atoms with van der Waals surface area (Å²) in [6, 6.07) is 2.12. The van der Waals surface area contributed by atoms with Crippen LogP contribution in [0.2, 0.25) is 0 Å². The lowest BCUT2D eigenvalue weighted by Crippen LogP contribution is -2.54. The number of rotatable bonds is 1. The molecule has 4 nitrogen and oxygen atoms in total. The van der Waals surface area contributed by atoms with Gasteiger partial charge < -0.3 is 4.90 Å². The lowest BCUT2D eigenvalue weighted by molar-refractivity contribution is -0.136. The highest BCUT2D eigenvalue weighted by Crippen LogP contribution is 2.51. The molecule has 1 saturated heterocycles. The summed E-state index contributed by atoms with van der Waals surface area (Å²) >= 11 is 0. The minimum absolute atomic E-state index is 0.0127. The van der Waals surface area contributed by atoms with Crippen molar-refractivity contribution in [2.75, 3.05) is 13.1 Å². The van der Waals surface area contributed by atoms with E-state index in [1.807, 2.05) is 11.0 Å². The Morgan fingerprint density at radius 3 is 2.64 bits per heavy atom. The number of fused-ring (bicyclic) bond motifs is 1. The van der Waals surface area contributed by atoms with Gasteiger partial charge in [-0.05, 0) is 31.1 Å². The molecule has 118 valence electrons. The average molecular weight is 300 g/mol. The molecule has 2 aliphatic carbocycles. The van der Waals surface area contributed by atoms with Crippen molar-refractivity contribution in [1.29, 1.82) is 5.26 Å². The Labute approximate surface area is 132 Å². The van der Waals surface area contributed by atoms with Crippen LogP contribution in [0.25, 0.3) is 0 Å². The Balaban J connectivity index is 1.98. The average Bonchev–Trinajstić information content (AvgIpc) is 3.00. The second-order valence-corrected chi connectivity index (χ2v) is 7.45. The summed E-state index contributed by atoms with van der Waals surface area (Å²) in [5, 5.41) is 9.38. The molecule has 0 N–H and O–H groups in total. The van der Waals surface area contributed by atoms with Gasteiger partial charge in [-0.3, -0.25) is 9.59 Å². The van der Waals surface area contributed by atoms with Gasteiger partial charge in [0.05, 0.1) is 5.57 Å². The fourth-order valence-corrected chi connectivity index (χ4v) is 4.95. The first-order chi connectivity index (χ1) is 10.5. The van der Waals surface area contributed by atoms with E-state index < -0.39 is 0 Å². The van der Waals surface area contributed by atoms with Crippen LogP contribution in [-0.2, 0) is 9.59 Å². The van der Waals surface area contributed by atoms with E-state index in [2.05, 4.69) is 13.0 Å². The van der Waals surface area contributed by atoms with Crippen molar-refractivity contribution in [3.05, 3.63) is 11.6 Å². The molecule has 1 aliphatic heterocycles. The summed E-state index contributed by atoms with van der Waals surface area (Å²) in [7, 11) is 0. The van der Waals surface area contributed by atoms with Crippen LogP contribution in [0.15, 0.2) is 11.6 Å². The summed E-state index contributed by atoms with van der Waals surface area (Å²) in [5.74, 6) is 0.837. The zero-order chi connectivity index (χ0) is 15.9. The highest BCUT2D eigenvalue weighted by atomic mass is 16.2. The third kappa shape index (κ3) is 2.37. The zero-order valence-electron chi connectivity index (χ0n) is 13.5. The van der Waals surface area contributed by atoms with Gasteiger partial charge in [-0.15, -0.1) is 0 Å². The van der Waals surface area contributed by atoms with E-state index in [4.69, 9.17) is 0 Å². The highest BCUT2D eigenvalue weighted by molar-refractivity contribution is 6.02. The minimum Gasteiger partial charge on any atom is -0.342 e. The first-order valence-electron chi connectivity index (χ1n) is 8.39. The van der Waals surface area contributed by atoms with E-state index >= 15 is 0 Å². The topological polar surface area (TPSA) is 61.2 Å². The van der Waals surface area contributed by atoms with Crippen LogP contribution in [0.1, 0.15) is 46.0 Å². The van der Waals surface area contributed by atoms with Crippen LogP contribution in [0.4, 0.5) is 0 Å². The van der Waals surface area contributed by atoms with Crippen LogP contribution in [-0.4, -0.2) is 29.7 Å². The SMILES string of the molecule is CC(=O)N1CC[C@H]2[C@H](C3CCCC3)C(=O)C(C#N)=CC2(C)C1. The standard InChI is InChI=1S/C18H24N2O2/c1-12(21)20-8-7-15-16(13-5-3-4-6-13)17(22)14(10-19)9-18(15,2)11-20/h9,13,15-16H,3-8,11H2,1-2H3/t15-,16-,18?/m0/s1. The molecular weight excluding hydrogens is 276 g/mol. The molecule has 1 unspecified atom stereocenters. The van der Waals surface area contributed by atoms with E-state index in [1.54, 1.807) is 6.92 Å². The third-order valence-corrected chi connectivity index (χ3v) is 6.04. The number of piperidine rings is 1. The van der Waals surface area contributed by atoms with Gasteiger partial charge in [0.2, 0.25) is 5.91 Å². The molecule has 3 atom stereocenters. The molecule has 2 fully saturated rings. The first-order valence-corrected chi connectivity index (χ1v) is 8.39. The van der Waals surface area contributed by atoms with Gasteiger partial charge in [-0.1, -0.05) is 25.8 Å². The van der Waals surface area contributed by atoms with E-state index in [9.17, 15) is 14.9 Å². The minimum atomic E-state index is -0.240. The summed E-state index contributed by atoms with van der Waals surface area (Å²) in [4.78, 5) is 26.4. The lowest BCUT2D eigenvalue weighted by atomic mass is 9.57. The maximum absolute atomic E-state index is 12.8. The molecule has 0 bridgehead atoms. The second kappa shape index (κ2) is 5.53. The van der Waals surface area contributed by atoms with Crippen LogP contribution in [0.5, 0.6) is 0 Å². The fraction of sp³-hybridized carbons (Fsp3) is 0.722. The Kier molecular flexibility index (Phi) is 3.84. The van der Waals surface area contributed by atoms with Crippen LogP contribution < -0.4 is 0 Å². The Morgan fingerprint density at radius 1 is 1.36 bits per heavy atom. The quantitative estimate of drug-likeness (QED) is 0.748. The molecular formula is C18H24N2O2. The van der Waals surface area contributed by atoms with Gasteiger partial charge in [-0.25, -0.2) is 0 Å². The number of allylic oxidation sites excluding steroid dienone is 1. The van der Waals surface area contributed by atoms with Crippen molar-refractivity contribution < 1.29 is 9.59 Å². The zero-order valence-corrected chi connectivity index (χ0v) is 13.5. The second-order valence-electron chi connectivity index (χ2n) is 7.45. The summed E-state index contributed by atoms with van der Waals surface area (Å²) in [6.07, 6.45) is 7.35. The van der Waals surface area contributed by atoms with E-state index in [1.165, 1.54) is 12.8 Å². The molecule has 3 aliphatic rings. The molecule has 0 aromatic carbocycles. The maximum Gasteiger partial charge on any atom is 0.219 e. The van der Waals surface area contributed by atoms with Crippen molar-refractivity contribution in [2.24, 2.45) is 23.2 Å². The maximum atomic E-state index is 12.8. The Bertz CT molecular complexity index is 568. The van der Waals surface area contributed by atoms with Crippen LogP contribution in [0.3, 0.4) is 0 Å². The molecule has 0 radical (unpaired) electrons. The van der Waals surface area contributed by atoms with Gasteiger partial charge >= 0.3 is 0 Å². The molecule has 1 amide bonds. The molecule has 3 rings (SSSR count). The summed E-state index contributed by atoms with van der Waals surface area (Å²) in [5.41, 5.74) is 0.0805. The molecule has 4 heteroatoms. The van der Waals surface area contributed by atoms with Gasteiger partial charge in [0.15, 0.2) is 5.78 Å². The van der Waals surface area contributed by atoms with E-state index in [0.717, 1.165) is 25.8 Å². The Morgan fingerprint density at radius 2 is 2.05 bits per heavy atom.